The Balaban J connectivity index is 2.82. The largest absolute Gasteiger partial charge is 0.492 e. The standard InChI is InChI=1S/C11H16ClNO3S/c1-3-7-16-11-6-5-9(8-10(11)12)13-17(14,15)4-2/h5-6,8,13H,3-4,7H2,1-2H3. The Labute approximate surface area is 107 Å². The van der Waals surface area contributed by atoms with E-state index in [1.807, 2.05) is 6.92 Å². The van der Waals surface area contributed by atoms with E-state index in [1.165, 1.54) is 0 Å². The third-order valence-electron chi connectivity index (χ3n) is 2.05. The molecule has 0 spiro atoms. The van der Waals surface area contributed by atoms with E-state index < -0.39 is 10.0 Å². The fraction of sp³-hybridized carbons (Fsp3) is 0.455. The summed E-state index contributed by atoms with van der Waals surface area (Å²) in [5.74, 6) is 0.589. The van der Waals surface area contributed by atoms with Crippen LogP contribution in [0.3, 0.4) is 0 Å². The van der Waals surface area contributed by atoms with Crippen molar-refractivity contribution in [3.05, 3.63) is 23.2 Å². The molecule has 0 heterocycles. The molecule has 96 valence electrons. The lowest BCUT2D eigenvalue weighted by Crippen LogP contribution is -2.14. The van der Waals surface area contributed by atoms with Gasteiger partial charge in [-0.3, -0.25) is 4.72 Å². The van der Waals surface area contributed by atoms with E-state index in [0.717, 1.165) is 6.42 Å². The van der Waals surface area contributed by atoms with Gasteiger partial charge in [-0.15, -0.1) is 0 Å². The average molecular weight is 278 g/mol. The molecular weight excluding hydrogens is 262 g/mol. The maximum atomic E-state index is 11.4. The zero-order valence-electron chi connectivity index (χ0n) is 9.86. The monoisotopic (exact) mass is 277 g/mol. The zero-order valence-corrected chi connectivity index (χ0v) is 11.4. The van der Waals surface area contributed by atoms with E-state index in [0.29, 0.717) is 23.1 Å². The van der Waals surface area contributed by atoms with Crippen molar-refractivity contribution in [1.29, 1.82) is 0 Å². The molecule has 1 N–H and O–H groups in total. The summed E-state index contributed by atoms with van der Waals surface area (Å²) >= 11 is 5.98. The predicted octanol–water partition coefficient (Wildman–Crippen LogP) is 2.89. The van der Waals surface area contributed by atoms with Crippen LogP contribution in [0.2, 0.25) is 5.02 Å². The molecule has 0 saturated carbocycles. The minimum absolute atomic E-state index is 0.0265. The van der Waals surface area contributed by atoms with E-state index in [4.69, 9.17) is 16.3 Å². The van der Waals surface area contributed by atoms with Crippen molar-refractivity contribution in [2.45, 2.75) is 20.3 Å². The van der Waals surface area contributed by atoms with Gasteiger partial charge in [-0.05, 0) is 31.5 Å². The van der Waals surface area contributed by atoms with Crippen LogP contribution in [-0.2, 0) is 10.0 Å². The van der Waals surface area contributed by atoms with Gasteiger partial charge in [0.15, 0.2) is 0 Å². The first-order valence-electron chi connectivity index (χ1n) is 5.41. The summed E-state index contributed by atoms with van der Waals surface area (Å²) in [6.45, 7) is 4.15. The minimum atomic E-state index is -3.27. The minimum Gasteiger partial charge on any atom is -0.492 e. The number of rotatable bonds is 6. The summed E-state index contributed by atoms with van der Waals surface area (Å²) < 4.78 is 30.5. The smallest absolute Gasteiger partial charge is 0.232 e. The van der Waals surface area contributed by atoms with Gasteiger partial charge < -0.3 is 4.74 Å². The van der Waals surface area contributed by atoms with E-state index >= 15 is 0 Å². The van der Waals surface area contributed by atoms with E-state index in [9.17, 15) is 8.42 Å². The van der Waals surface area contributed by atoms with Crippen LogP contribution in [0.25, 0.3) is 0 Å². The zero-order chi connectivity index (χ0) is 12.9. The first kappa shape index (κ1) is 14.1. The fourth-order valence-corrected chi connectivity index (χ4v) is 2.01. The Morgan fingerprint density at radius 1 is 1.35 bits per heavy atom. The Bertz CT molecular complexity index is 474. The quantitative estimate of drug-likeness (QED) is 0.870. The molecule has 17 heavy (non-hydrogen) atoms. The van der Waals surface area contributed by atoms with Crippen LogP contribution in [0, 0.1) is 0 Å². The van der Waals surface area contributed by atoms with Crippen LogP contribution in [0.5, 0.6) is 5.75 Å². The molecule has 0 aliphatic heterocycles. The summed E-state index contributed by atoms with van der Waals surface area (Å²) in [6.07, 6.45) is 0.889. The van der Waals surface area contributed by atoms with Crippen LogP contribution in [0.1, 0.15) is 20.3 Å². The number of halogens is 1. The van der Waals surface area contributed by atoms with Gasteiger partial charge in [0.2, 0.25) is 10.0 Å². The van der Waals surface area contributed by atoms with Gasteiger partial charge in [-0.25, -0.2) is 8.42 Å². The third kappa shape index (κ3) is 4.44. The van der Waals surface area contributed by atoms with E-state index in [1.54, 1.807) is 25.1 Å². The molecule has 1 rings (SSSR count). The molecule has 0 fully saturated rings. The van der Waals surface area contributed by atoms with Crippen molar-refractivity contribution in [2.24, 2.45) is 0 Å². The molecule has 0 aliphatic carbocycles. The molecule has 0 bridgehead atoms. The van der Waals surface area contributed by atoms with E-state index in [2.05, 4.69) is 4.72 Å². The lowest BCUT2D eigenvalue weighted by atomic mass is 10.3. The van der Waals surface area contributed by atoms with Crippen LogP contribution in [0.15, 0.2) is 18.2 Å². The molecule has 1 aromatic rings. The van der Waals surface area contributed by atoms with Gasteiger partial charge in [0.25, 0.3) is 0 Å². The second kappa shape index (κ2) is 6.12. The molecule has 0 radical (unpaired) electrons. The maximum absolute atomic E-state index is 11.4. The number of sulfonamides is 1. The Hall–Kier alpha value is -0.940. The molecule has 0 atom stereocenters. The topological polar surface area (TPSA) is 55.4 Å². The Morgan fingerprint density at radius 2 is 2.06 bits per heavy atom. The summed E-state index contributed by atoms with van der Waals surface area (Å²) in [7, 11) is -3.27. The highest BCUT2D eigenvalue weighted by Gasteiger charge is 2.08. The van der Waals surface area contributed by atoms with Crippen molar-refractivity contribution >= 4 is 27.3 Å². The van der Waals surface area contributed by atoms with Crippen molar-refractivity contribution in [2.75, 3.05) is 17.1 Å². The van der Waals surface area contributed by atoms with Crippen LogP contribution < -0.4 is 9.46 Å². The van der Waals surface area contributed by atoms with Crippen LogP contribution in [-0.4, -0.2) is 20.8 Å². The first-order chi connectivity index (χ1) is 7.98. The molecular formula is C11H16ClNO3S. The number of nitrogens with one attached hydrogen (secondary N) is 1. The third-order valence-corrected chi connectivity index (χ3v) is 3.65. The number of benzene rings is 1. The van der Waals surface area contributed by atoms with Gasteiger partial charge in [0, 0.05) is 0 Å². The van der Waals surface area contributed by atoms with Gasteiger partial charge in [-0.2, -0.15) is 0 Å². The molecule has 0 amide bonds. The molecule has 4 nitrogen and oxygen atoms in total. The lowest BCUT2D eigenvalue weighted by Gasteiger charge is -2.10. The molecule has 0 saturated heterocycles. The molecule has 0 unspecified atom stereocenters. The van der Waals surface area contributed by atoms with Gasteiger partial charge in [0.05, 0.1) is 23.1 Å². The van der Waals surface area contributed by atoms with Crippen molar-refractivity contribution in [3.8, 4) is 5.75 Å². The fourth-order valence-electron chi connectivity index (χ4n) is 1.15. The highest BCUT2D eigenvalue weighted by Crippen LogP contribution is 2.28. The summed E-state index contributed by atoms with van der Waals surface area (Å²) in [5.41, 5.74) is 0.445. The highest BCUT2D eigenvalue weighted by molar-refractivity contribution is 7.92. The normalized spacial score (nSPS) is 11.2. The highest BCUT2D eigenvalue weighted by atomic mass is 35.5. The van der Waals surface area contributed by atoms with Crippen molar-refractivity contribution < 1.29 is 13.2 Å². The SMILES string of the molecule is CCCOc1ccc(NS(=O)(=O)CC)cc1Cl. The lowest BCUT2D eigenvalue weighted by molar-refractivity contribution is 0.317. The predicted molar refractivity (Wildman–Crippen MR) is 70.3 cm³/mol. The summed E-state index contributed by atoms with van der Waals surface area (Å²) in [5, 5.41) is 0.398. The summed E-state index contributed by atoms with van der Waals surface area (Å²) in [4.78, 5) is 0. The van der Waals surface area contributed by atoms with Gasteiger partial charge >= 0.3 is 0 Å². The van der Waals surface area contributed by atoms with Crippen molar-refractivity contribution in [3.63, 3.8) is 0 Å². The van der Waals surface area contributed by atoms with Gasteiger partial charge in [0.1, 0.15) is 5.75 Å². The van der Waals surface area contributed by atoms with Crippen molar-refractivity contribution in [1.82, 2.24) is 0 Å². The molecule has 1 aromatic carbocycles. The summed E-state index contributed by atoms with van der Waals surface area (Å²) in [6, 6.07) is 4.83. The molecule has 0 aliphatic rings. The molecule has 6 heteroatoms. The molecule has 0 aromatic heterocycles. The maximum Gasteiger partial charge on any atom is 0.232 e. The number of hydrogen-bond acceptors (Lipinski definition) is 3. The number of hydrogen-bond donors (Lipinski definition) is 1. The van der Waals surface area contributed by atoms with E-state index in [-0.39, 0.29) is 5.75 Å². The number of anilines is 1. The second-order valence-electron chi connectivity index (χ2n) is 3.50. The van der Waals surface area contributed by atoms with Crippen LogP contribution in [0.4, 0.5) is 5.69 Å². The second-order valence-corrected chi connectivity index (χ2v) is 5.92. The Morgan fingerprint density at radius 3 is 2.59 bits per heavy atom. The van der Waals surface area contributed by atoms with Gasteiger partial charge in [-0.1, -0.05) is 18.5 Å². The van der Waals surface area contributed by atoms with Crippen LogP contribution >= 0.6 is 11.6 Å². The number of ether oxygens (including phenoxy) is 1. The first-order valence-corrected chi connectivity index (χ1v) is 7.44. The Kier molecular flexibility index (Phi) is 5.08. The average Bonchev–Trinajstić information content (AvgIpc) is 2.27.